The number of nitrogens with zero attached hydrogens (tertiary/aromatic N) is 3. The molecule has 1 aromatic carbocycles. The van der Waals surface area contributed by atoms with Gasteiger partial charge in [0.2, 0.25) is 0 Å². The van der Waals surface area contributed by atoms with Crippen molar-refractivity contribution in [3.8, 4) is 0 Å². The van der Waals surface area contributed by atoms with Crippen LogP contribution in [-0.2, 0) is 22.3 Å². The van der Waals surface area contributed by atoms with E-state index in [0.717, 1.165) is 17.0 Å². The van der Waals surface area contributed by atoms with Crippen LogP contribution < -0.4 is 0 Å². The molecule has 0 saturated carbocycles. The third kappa shape index (κ3) is 3.50. The van der Waals surface area contributed by atoms with E-state index >= 15 is 0 Å². The Labute approximate surface area is 130 Å². The first-order valence-electron chi connectivity index (χ1n) is 6.59. The smallest absolute Gasteiger partial charge is 0.284 e. The van der Waals surface area contributed by atoms with Crippen LogP contribution in [0.2, 0.25) is 0 Å². The van der Waals surface area contributed by atoms with Gasteiger partial charge in [-0.15, -0.1) is 0 Å². The molecule has 124 valence electrons. The first kappa shape index (κ1) is 16.9. The minimum atomic E-state index is -4.40. The van der Waals surface area contributed by atoms with Crippen LogP contribution in [0, 0.1) is 0 Å². The molecule has 1 saturated heterocycles. The van der Waals surface area contributed by atoms with Crippen LogP contribution in [-0.4, -0.2) is 53.3 Å². The Morgan fingerprint density at radius 2 is 1.61 bits per heavy atom. The highest BCUT2D eigenvalue weighted by molar-refractivity contribution is 6.44. The number of benzene rings is 1. The molecular formula is C14H14F3N3O3. The van der Waals surface area contributed by atoms with Gasteiger partial charge in [0.1, 0.15) is 0 Å². The van der Waals surface area contributed by atoms with Crippen molar-refractivity contribution >= 4 is 17.8 Å². The maximum atomic E-state index is 12.5. The molecule has 0 radical (unpaired) electrons. The number of urea groups is 1. The fourth-order valence-electron chi connectivity index (χ4n) is 2.14. The monoisotopic (exact) mass is 329 g/mol. The molecule has 0 unspecified atom stereocenters. The van der Waals surface area contributed by atoms with Crippen LogP contribution in [0.5, 0.6) is 0 Å². The van der Waals surface area contributed by atoms with E-state index < -0.39 is 29.6 Å². The molecule has 0 aromatic heterocycles. The van der Waals surface area contributed by atoms with E-state index in [1.165, 1.54) is 19.2 Å². The van der Waals surface area contributed by atoms with Gasteiger partial charge in [-0.3, -0.25) is 19.4 Å². The van der Waals surface area contributed by atoms with Crippen molar-refractivity contribution in [1.29, 1.82) is 0 Å². The van der Waals surface area contributed by atoms with Crippen molar-refractivity contribution in [1.82, 2.24) is 14.7 Å². The molecule has 0 spiro atoms. The summed E-state index contributed by atoms with van der Waals surface area (Å²) in [5.41, 5.74) is -0.166. The fourth-order valence-corrected chi connectivity index (χ4v) is 2.14. The highest BCUT2D eigenvalue weighted by Crippen LogP contribution is 2.29. The van der Waals surface area contributed by atoms with Gasteiger partial charge in [-0.05, 0) is 24.7 Å². The van der Waals surface area contributed by atoms with Crippen LogP contribution in [0.4, 0.5) is 18.0 Å². The summed E-state index contributed by atoms with van der Waals surface area (Å²) in [6, 6.07) is 3.85. The van der Waals surface area contributed by atoms with Crippen LogP contribution in [0.25, 0.3) is 0 Å². The highest BCUT2D eigenvalue weighted by Gasteiger charge is 2.42. The number of amides is 4. The Morgan fingerprint density at radius 1 is 1.04 bits per heavy atom. The zero-order chi connectivity index (χ0) is 17.4. The van der Waals surface area contributed by atoms with Crippen LogP contribution >= 0.6 is 0 Å². The molecule has 1 aliphatic rings. The van der Waals surface area contributed by atoms with Gasteiger partial charge in [-0.2, -0.15) is 13.2 Å². The van der Waals surface area contributed by atoms with Gasteiger partial charge in [0.25, 0.3) is 0 Å². The highest BCUT2D eigenvalue weighted by atomic mass is 19.4. The maximum absolute atomic E-state index is 12.5. The average Bonchev–Trinajstić information content (AvgIpc) is 2.65. The lowest BCUT2D eigenvalue weighted by Crippen LogP contribution is -2.40. The number of likely N-dealkylation sites (N-methyl/N-ethyl adjacent to an activating group) is 1. The predicted molar refractivity (Wildman–Crippen MR) is 72.8 cm³/mol. The fraction of sp³-hybridized carbons (Fsp3) is 0.357. The zero-order valence-electron chi connectivity index (χ0n) is 12.4. The standard InChI is InChI=1S/C14H14F3N3O3/c1-18(8-20-12(22)11(21)19(2)13(20)23)7-9-3-5-10(6-4-9)14(15,16)17/h3-6H,7-8H2,1-2H3. The van der Waals surface area contributed by atoms with Gasteiger partial charge in [0.15, 0.2) is 0 Å². The Bertz CT molecular complexity index is 643. The molecule has 1 aliphatic heterocycles. The second-order valence-electron chi connectivity index (χ2n) is 5.23. The molecule has 0 bridgehead atoms. The summed E-state index contributed by atoms with van der Waals surface area (Å²) in [5.74, 6) is -1.82. The van der Waals surface area contributed by atoms with E-state index in [4.69, 9.17) is 0 Å². The van der Waals surface area contributed by atoms with Crippen molar-refractivity contribution < 1.29 is 27.6 Å². The Morgan fingerprint density at radius 3 is 2.04 bits per heavy atom. The minimum Gasteiger partial charge on any atom is -0.284 e. The third-order valence-electron chi connectivity index (χ3n) is 3.37. The number of hydrogen-bond acceptors (Lipinski definition) is 4. The number of halogens is 3. The number of alkyl halides is 3. The van der Waals surface area contributed by atoms with Gasteiger partial charge in [0.05, 0.1) is 12.2 Å². The molecule has 1 fully saturated rings. The van der Waals surface area contributed by atoms with Crippen molar-refractivity contribution in [2.75, 3.05) is 20.8 Å². The van der Waals surface area contributed by atoms with Crippen molar-refractivity contribution in [2.24, 2.45) is 0 Å². The first-order chi connectivity index (χ1) is 10.6. The summed E-state index contributed by atoms with van der Waals surface area (Å²) >= 11 is 0. The Hall–Kier alpha value is -2.42. The van der Waals surface area contributed by atoms with E-state index in [-0.39, 0.29) is 13.2 Å². The summed E-state index contributed by atoms with van der Waals surface area (Å²) in [5, 5.41) is 0. The summed E-state index contributed by atoms with van der Waals surface area (Å²) < 4.78 is 37.5. The van der Waals surface area contributed by atoms with E-state index in [2.05, 4.69) is 0 Å². The Balaban J connectivity index is 2.00. The SMILES string of the molecule is CN(Cc1ccc(C(F)(F)F)cc1)CN1C(=O)C(=O)N(C)C1=O. The van der Waals surface area contributed by atoms with E-state index in [1.54, 1.807) is 11.9 Å². The molecule has 6 nitrogen and oxygen atoms in total. The summed E-state index contributed by atoms with van der Waals surface area (Å²) in [7, 11) is 2.79. The van der Waals surface area contributed by atoms with Gasteiger partial charge >= 0.3 is 24.0 Å². The molecule has 4 amide bonds. The second-order valence-corrected chi connectivity index (χ2v) is 5.23. The number of carbonyl (C=O) groups is 3. The van der Waals surface area contributed by atoms with Crippen molar-refractivity contribution in [3.05, 3.63) is 35.4 Å². The van der Waals surface area contributed by atoms with Crippen LogP contribution in [0.1, 0.15) is 11.1 Å². The lowest BCUT2D eigenvalue weighted by Gasteiger charge is -2.22. The average molecular weight is 329 g/mol. The maximum Gasteiger partial charge on any atom is 0.416 e. The molecule has 1 aromatic rings. The lowest BCUT2D eigenvalue weighted by molar-refractivity contribution is -0.143. The second kappa shape index (κ2) is 5.99. The molecule has 0 N–H and O–H groups in total. The van der Waals surface area contributed by atoms with E-state index in [0.29, 0.717) is 10.5 Å². The first-order valence-corrected chi connectivity index (χ1v) is 6.59. The molecule has 2 rings (SSSR count). The largest absolute Gasteiger partial charge is 0.416 e. The summed E-state index contributed by atoms with van der Waals surface area (Å²) in [6.45, 7) is 0.0852. The molecule has 0 atom stereocenters. The third-order valence-corrected chi connectivity index (χ3v) is 3.37. The van der Waals surface area contributed by atoms with Crippen molar-refractivity contribution in [2.45, 2.75) is 12.7 Å². The van der Waals surface area contributed by atoms with E-state index in [9.17, 15) is 27.6 Å². The molecule has 9 heteroatoms. The van der Waals surface area contributed by atoms with E-state index in [1.807, 2.05) is 0 Å². The lowest BCUT2D eigenvalue weighted by atomic mass is 10.1. The summed E-state index contributed by atoms with van der Waals surface area (Å²) in [6.07, 6.45) is -4.40. The summed E-state index contributed by atoms with van der Waals surface area (Å²) in [4.78, 5) is 37.8. The Kier molecular flexibility index (Phi) is 4.42. The number of rotatable bonds is 4. The normalized spacial score (nSPS) is 16.0. The van der Waals surface area contributed by atoms with Crippen molar-refractivity contribution in [3.63, 3.8) is 0 Å². The number of hydrogen-bond donors (Lipinski definition) is 0. The molecule has 0 aliphatic carbocycles. The van der Waals surface area contributed by atoms with Crippen LogP contribution in [0.15, 0.2) is 24.3 Å². The molecular weight excluding hydrogens is 315 g/mol. The quantitative estimate of drug-likeness (QED) is 0.621. The zero-order valence-corrected chi connectivity index (χ0v) is 12.4. The van der Waals surface area contributed by atoms with Gasteiger partial charge < -0.3 is 0 Å². The predicted octanol–water partition coefficient (Wildman–Crippen LogP) is 1.52. The molecule has 1 heterocycles. The topological polar surface area (TPSA) is 60.9 Å². The van der Waals surface area contributed by atoms with Gasteiger partial charge in [0, 0.05) is 13.6 Å². The van der Waals surface area contributed by atoms with Crippen LogP contribution in [0.3, 0.4) is 0 Å². The minimum absolute atomic E-state index is 0.130. The van der Waals surface area contributed by atoms with Gasteiger partial charge in [-0.25, -0.2) is 9.69 Å². The number of imide groups is 2. The number of carbonyl (C=O) groups excluding carboxylic acids is 3. The van der Waals surface area contributed by atoms with Gasteiger partial charge in [-0.1, -0.05) is 12.1 Å². The molecule has 23 heavy (non-hydrogen) atoms.